The molecule has 2 aliphatic heterocycles. The Morgan fingerprint density at radius 2 is 1.04 bits per heavy atom. The molecule has 0 unspecified atom stereocenters. The van der Waals surface area contributed by atoms with E-state index in [9.17, 15) is 19.8 Å². The lowest BCUT2D eigenvalue weighted by molar-refractivity contribution is -0.406. The predicted molar refractivity (Wildman–Crippen MR) is 204 cm³/mol. The summed E-state index contributed by atoms with van der Waals surface area (Å²) in [7, 11) is 0. The topological polar surface area (TPSA) is 130 Å². The fourth-order valence-electron chi connectivity index (χ4n) is 7.14. The molecule has 2 aliphatic rings. The van der Waals surface area contributed by atoms with E-state index in [4.69, 9.17) is 28.4 Å². The van der Waals surface area contributed by atoms with Crippen molar-refractivity contribution in [2.45, 2.75) is 99.7 Å². The van der Waals surface area contributed by atoms with Crippen LogP contribution < -0.4 is 0 Å². The molecule has 2 aromatic rings. The third kappa shape index (κ3) is 9.52. The average Bonchev–Trinajstić information content (AvgIpc) is 3.06. The lowest BCUT2D eigenvalue weighted by atomic mass is 9.67. The summed E-state index contributed by atoms with van der Waals surface area (Å²) >= 11 is 0. The van der Waals surface area contributed by atoms with E-state index in [2.05, 4.69) is 0 Å². The number of carbonyl (C=O) groups is 2. The van der Waals surface area contributed by atoms with Gasteiger partial charge in [0.25, 0.3) is 0 Å². The van der Waals surface area contributed by atoms with E-state index in [-0.39, 0.29) is 55.5 Å². The fourth-order valence-corrected chi connectivity index (χ4v) is 7.14. The quantitative estimate of drug-likeness (QED) is 0.183. The molecule has 0 aliphatic carbocycles. The number of carbonyl (C=O) groups excluding carboxylic acids is 2. The second-order valence-corrected chi connectivity index (χ2v) is 18.1. The van der Waals surface area contributed by atoms with Crippen molar-refractivity contribution in [3.05, 3.63) is 69.8 Å². The van der Waals surface area contributed by atoms with Gasteiger partial charge in [0.15, 0.2) is 5.79 Å². The number of phenolic OH excluding ortho intramolecular Hbond substituents is 2. The van der Waals surface area contributed by atoms with Gasteiger partial charge in [0.2, 0.25) is 0 Å². The third-order valence-electron chi connectivity index (χ3n) is 10.2. The van der Waals surface area contributed by atoms with Crippen LogP contribution in [0.1, 0.15) is 103 Å². The number of hydrogen-bond acceptors (Lipinski definition) is 10. The van der Waals surface area contributed by atoms with Gasteiger partial charge in [-0.15, -0.1) is 0 Å². The van der Waals surface area contributed by atoms with Crippen molar-refractivity contribution >= 4 is 24.1 Å². The lowest BCUT2D eigenvalue weighted by Crippen LogP contribution is -2.68. The largest absolute Gasteiger partial charge is 0.507 e. The molecule has 0 aromatic heterocycles. The van der Waals surface area contributed by atoms with E-state index < -0.39 is 34.0 Å². The van der Waals surface area contributed by atoms with Crippen molar-refractivity contribution in [1.82, 2.24) is 0 Å². The Bertz CT molecular complexity index is 1590. The molecule has 2 aromatic carbocycles. The van der Waals surface area contributed by atoms with Gasteiger partial charge in [0.05, 0.1) is 42.7 Å². The van der Waals surface area contributed by atoms with E-state index in [1.807, 2.05) is 107 Å². The molecule has 0 bridgehead atoms. The average molecular weight is 737 g/mol. The van der Waals surface area contributed by atoms with Crippen molar-refractivity contribution < 1.29 is 48.2 Å². The molecule has 0 atom stereocenters. The Morgan fingerprint density at radius 1 is 0.660 bits per heavy atom. The number of phenols is 2. The summed E-state index contributed by atoms with van der Waals surface area (Å²) in [5.41, 5.74) is 1.61. The van der Waals surface area contributed by atoms with Crippen LogP contribution >= 0.6 is 0 Å². The van der Waals surface area contributed by atoms with E-state index >= 15 is 0 Å². The van der Waals surface area contributed by atoms with Crippen molar-refractivity contribution in [2.75, 3.05) is 46.4 Å². The smallest absolute Gasteiger partial charge is 0.330 e. The summed E-state index contributed by atoms with van der Waals surface area (Å²) in [5, 5.41) is 21.2. The molecule has 10 heteroatoms. The summed E-state index contributed by atoms with van der Waals surface area (Å²) < 4.78 is 36.3. The molecule has 0 radical (unpaired) electrons. The maximum atomic E-state index is 13.1. The van der Waals surface area contributed by atoms with Crippen LogP contribution in [0.25, 0.3) is 12.2 Å². The van der Waals surface area contributed by atoms with Gasteiger partial charge in [-0.25, -0.2) is 9.59 Å². The van der Waals surface area contributed by atoms with E-state index in [0.29, 0.717) is 13.2 Å². The fraction of sp³-hybridized carbons (Fsp3) is 0.581. The first-order valence-electron chi connectivity index (χ1n) is 18.2. The third-order valence-corrected chi connectivity index (χ3v) is 10.2. The molecule has 0 saturated carbocycles. The molecule has 2 saturated heterocycles. The number of hydrogen-bond donors (Lipinski definition) is 2. The highest BCUT2D eigenvalue weighted by Crippen LogP contribution is 2.52. The summed E-state index contributed by atoms with van der Waals surface area (Å²) in [6.45, 7) is 24.8. The van der Waals surface area contributed by atoms with Crippen LogP contribution in [-0.4, -0.2) is 74.4 Å². The molecule has 4 rings (SSSR count). The number of benzene rings is 2. The molecular weight excluding hydrogens is 676 g/mol. The van der Waals surface area contributed by atoms with Gasteiger partial charge < -0.3 is 38.6 Å². The number of ether oxygens (including phenoxy) is 6. The first-order chi connectivity index (χ1) is 24.4. The zero-order valence-corrected chi connectivity index (χ0v) is 33.7. The van der Waals surface area contributed by atoms with Crippen LogP contribution in [0.15, 0.2) is 36.4 Å². The Labute approximate surface area is 315 Å². The SMILES string of the molecule is Cc1cc(/C=C/C(=O)OCC(C)(C)C2(C(C)(C)COC(=O)/C=C/c3cc(C)c(O)c(C(C)(C)C)c3)OCC3(COCOC3)CO2)cc(C(C)(C)C)c1O. The minimum atomic E-state index is -1.36. The molecular formula is C43H60O10. The Morgan fingerprint density at radius 3 is 1.40 bits per heavy atom. The highest BCUT2D eigenvalue weighted by atomic mass is 16.7. The molecule has 2 heterocycles. The highest BCUT2D eigenvalue weighted by molar-refractivity contribution is 5.88. The second kappa shape index (κ2) is 15.6. The van der Waals surface area contributed by atoms with Gasteiger partial charge >= 0.3 is 11.9 Å². The maximum absolute atomic E-state index is 13.1. The molecule has 53 heavy (non-hydrogen) atoms. The van der Waals surface area contributed by atoms with Gasteiger partial charge in [-0.1, -0.05) is 69.2 Å². The zero-order chi connectivity index (χ0) is 39.6. The normalized spacial score (nSPS) is 18.1. The lowest BCUT2D eigenvalue weighted by Gasteiger charge is -2.58. The van der Waals surface area contributed by atoms with Gasteiger partial charge in [-0.05, 0) is 83.3 Å². The number of aryl methyl sites for hydroxylation is 2. The van der Waals surface area contributed by atoms with Crippen LogP contribution in [0.4, 0.5) is 0 Å². The number of aromatic hydroxyl groups is 2. The van der Waals surface area contributed by atoms with E-state index in [0.717, 1.165) is 33.4 Å². The summed E-state index contributed by atoms with van der Waals surface area (Å²) in [6, 6.07) is 7.38. The zero-order valence-electron chi connectivity index (χ0n) is 33.7. The molecule has 0 amide bonds. The van der Waals surface area contributed by atoms with Crippen molar-refractivity contribution in [2.24, 2.45) is 16.2 Å². The second-order valence-electron chi connectivity index (χ2n) is 18.1. The highest BCUT2D eigenvalue weighted by Gasteiger charge is 2.62. The first-order valence-corrected chi connectivity index (χ1v) is 18.2. The monoisotopic (exact) mass is 736 g/mol. The van der Waals surface area contributed by atoms with Crippen LogP contribution in [0.2, 0.25) is 0 Å². The van der Waals surface area contributed by atoms with E-state index in [1.54, 1.807) is 12.2 Å². The predicted octanol–water partition coefficient (Wildman–Crippen LogP) is 7.91. The minimum absolute atomic E-state index is 0.0639. The van der Waals surface area contributed by atoms with Crippen LogP contribution in [0.3, 0.4) is 0 Å². The Hall–Kier alpha value is -3.70. The van der Waals surface area contributed by atoms with Gasteiger partial charge in [0, 0.05) is 23.3 Å². The first kappa shape index (κ1) is 42.0. The van der Waals surface area contributed by atoms with Crippen LogP contribution in [0, 0.1) is 30.1 Å². The maximum Gasteiger partial charge on any atom is 0.330 e. The van der Waals surface area contributed by atoms with Crippen molar-refractivity contribution in [1.29, 1.82) is 0 Å². The minimum Gasteiger partial charge on any atom is -0.507 e. The van der Waals surface area contributed by atoms with Crippen LogP contribution in [-0.2, 0) is 48.8 Å². The Balaban J connectivity index is 1.52. The van der Waals surface area contributed by atoms with Crippen LogP contribution in [0.5, 0.6) is 11.5 Å². The molecule has 2 fully saturated rings. The van der Waals surface area contributed by atoms with Crippen molar-refractivity contribution in [3.63, 3.8) is 0 Å². The van der Waals surface area contributed by atoms with Gasteiger partial charge in [0.1, 0.15) is 31.5 Å². The summed E-state index contributed by atoms with van der Waals surface area (Å²) in [4.78, 5) is 26.3. The molecule has 1 spiro atoms. The molecule has 10 nitrogen and oxygen atoms in total. The summed E-state index contributed by atoms with van der Waals surface area (Å²) in [5.74, 6) is -1.97. The summed E-state index contributed by atoms with van der Waals surface area (Å²) in [6.07, 6.45) is 6.09. The van der Waals surface area contributed by atoms with Gasteiger partial charge in [-0.3, -0.25) is 0 Å². The number of rotatable bonds is 10. The number of esters is 2. The van der Waals surface area contributed by atoms with E-state index in [1.165, 1.54) is 12.2 Å². The standard InChI is InChI=1S/C43H60O10/c1-28-17-30(19-32(36(28)46)38(3,4)5)13-15-34(44)50-21-40(9,10)43(52-25-42(26-53-43)23-48-27-49-24-42)41(11,12)22-51-35(45)16-14-31-18-29(2)37(47)33(20-31)39(6,7)8/h13-20,46-47H,21-27H2,1-12H3/b15-13+,16-14+. The molecule has 2 N–H and O–H groups in total. The Kier molecular flexibility index (Phi) is 12.4. The van der Waals surface area contributed by atoms with Crippen molar-refractivity contribution in [3.8, 4) is 11.5 Å². The van der Waals surface area contributed by atoms with Gasteiger partial charge in [-0.2, -0.15) is 0 Å². The molecule has 292 valence electrons.